The molecule has 1 rings (SSSR count). The van der Waals surface area contributed by atoms with E-state index in [4.69, 9.17) is 0 Å². The van der Waals surface area contributed by atoms with Crippen LogP contribution in [0.2, 0.25) is 0 Å². The highest BCUT2D eigenvalue weighted by atomic mass is 19.4. The van der Waals surface area contributed by atoms with Gasteiger partial charge < -0.3 is 10.6 Å². The minimum atomic E-state index is -4.68. The van der Waals surface area contributed by atoms with Crippen molar-refractivity contribution in [2.75, 3.05) is 11.9 Å². The van der Waals surface area contributed by atoms with Crippen molar-refractivity contribution >= 4 is 17.4 Å². The molecular weight excluding hydrogens is 293 g/mol. The van der Waals surface area contributed by atoms with Gasteiger partial charge in [-0.1, -0.05) is 0 Å². The number of hydrogen-bond donors (Lipinski definition) is 2. The average Bonchev–Trinajstić information content (AvgIpc) is 2.28. The minimum absolute atomic E-state index is 0.136. The van der Waals surface area contributed by atoms with Crippen LogP contribution in [-0.2, 0) is 0 Å². The number of hydrogen-bond acceptors (Lipinski definition) is 3. The van der Waals surface area contributed by atoms with E-state index in [0.29, 0.717) is 6.07 Å². The molecule has 20 heavy (non-hydrogen) atoms. The maximum absolute atomic E-state index is 13.2. The number of alkyl halides is 3. The largest absolute Gasteiger partial charge is 0.405 e. The average molecular weight is 299 g/mol. The van der Waals surface area contributed by atoms with Crippen molar-refractivity contribution in [3.63, 3.8) is 0 Å². The van der Waals surface area contributed by atoms with Crippen LogP contribution in [0.15, 0.2) is 12.1 Å². The standard InChI is InChI=1S/C9H6F5N3O3/c10-4-1-5(11)7(17(19)20)2-6(4)16-8(18)15-3-9(12,13)14/h1-2H,3H2,(H2,15,16,18). The molecule has 2 N–H and O–H groups in total. The van der Waals surface area contributed by atoms with Gasteiger partial charge >= 0.3 is 17.9 Å². The Balaban J connectivity index is 2.85. The number of nitrogens with zero attached hydrogens (tertiary/aromatic N) is 1. The van der Waals surface area contributed by atoms with E-state index in [2.05, 4.69) is 0 Å². The molecule has 0 spiro atoms. The van der Waals surface area contributed by atoms with Crippen LogP contribution in [0, 0.1) is 21.7 Å². The summed E-state index contributed by atoms with van der Waals surface area (Å²) in [6.07, 6.45) is -4.68. The van der Waals surface area contributed by atoms with Crippen LogP contribution < -0.4 is 10.6 Å². The first-order chi connectivity index (χ1) is 9.10. The van der Waals surface area contributed by atoms with Crippen LogP contribution in [0.3, 0.4) is 0 Å². The number of nitro benzene ring substituents is 1. The van der Waals surface area contributed by atoms with Crippen LogP contribution in [0.5, 0.6) is 0 Å². The monoisotopic (exact) mass is 299 g/mol. The van der Waals surface area contributed by atoms with Crippen molar-refractivity contribution in [3.05, 3.63) is 33.9 Å². The van der Waals surface area contributed by atoms with E-state index in [0.717, 1.165) is 0 Å². The number of halogens is 5. The summed E-state index contributed by atoms with van der Waals surface area (Å²) in [5, 5.41) is 13.4. The van der Waals surface area contributed by atoms with Gasteiger partial charge in [0.15, 0.2) is 0 Å². The van der Waals surface area contributed by atoms with Crippen molar-refractivity contribution in [2.24, 2.45) is 0 Å². The summed E-state index contributed by atoms with van der Waals surface area (Å²) in [6, 6.07) is -0.947. The smallest absolute Gasteiger partial charge is 0.329 e. The molecule has 0 bridgehead atoms. The number of benzene rings is 1. The molecule has 110 valence electrons. The molecule has 0 aliphatic rings. The third kappa shape index (κ3) is 4.33. The molecule has 6 nitrogen and oxygen atoms in total. The van der Waals surface area contributed by atoms with E-state index in [1.54, 1.807) is 5.32 Å². The summed E-state index contributed by atoms with van der Waals surface area (Å²) in [5.41, 5.74) is -1.95. The number of rotatable bonds is 3. The number of nitro groups is 1. The number of urea groups is 1. The fraction of sp³-hybridized carbons (Fsp3) is 0.222. The van der Waals surface area contributed by atoms with Gasteiger partial charge in [-0.3, -0.25) is 10.1 Å². The lowest BCUT2D eigenvalue weighted by Crippen LogP contribution is -2.36. The Morgan fingerprint density at radius 2 is 1.85 bits per heavy atom. The first-order valence-corrected chi connectivity index (χ1v) is 4.85. The molecule has 2 amide bonds. The normalized spacial score (nSPS) is 11.1. The number of carbonyl (C=O) groups is 1. The molecule has 0 saturated carbocycles. The molecule has 0 aliphatic heterocycles. The van der Waals surface area contributed by atoms with Gasteiger partial charge in [-0.2, -0.15) is 17.6 Å². The van der Waals surface area contributed by atoms with Gasteiger partial charge in [-0.15, -0.1) is 0 Å². The van der Waals surface area contributed by atoms with Crippen molar-refractivity contribution in [3.8, 4) is 0 Å². The first kappa shape index (κ1) is 15.6. The van der Waals surface area contributed by atoms with Crippen LogP contribution in [-0.4, -0.2) is 23.7 Å². The minimum Gasteiger partial charge on any atom is -0.329 e. The zero-order valence-electron chi connectivity index (χ0n) is 9.42. The summed E-state index contributed by atoms with van der Waals surface area (Å²) in [5.74, 6) is -2.84. The Labute approximate surface area is 107 Å². The Hall–Kier alpha value is -2.46. The second kappa shape index (κ2) is 5.67. The van der Waals surface area contributed by atoms with Gasteiger partial charge in [-0.05, 0) is 0 Å². The van der Waals surface area contributed by atoms with Gasteiger partial charge in [0.05, 0.1) is 10.6 Å². The molecule has 0 heterocycles. The molecule has 0 saturated heterocycles. The predicted molar refractivity (Wildman–Crippen MR) is 56.1 cm³/mol. The molecule has 1 aromatic rings. The third-order valence-electron chi connectivity index (χ3n) is 1.93. The molecule has 0 aromatic heterocycles. The summed E-state index contributed by atoms with van der Waals surface area (Å²) in [6.45, 7) is -1.68. The van der Waals surface area contributed by atoms with Crippen molar-refractivity contribution < 1.29 is 31.7 Å². The fourth-order valence-corrected chi connectivity index (χ4v) is 1.12. The zero-order valence-corrected chi connectivity index (χ0v) is 9.42. The number of carbonyl (C=O) groups excluding carboxylic acids is 1. The second-order valence-electron chi connectivity index (χ2n) is 3.46. The summed E-state index contributed by atoms with van der Waals surface area (Å²) in [4.78, 5) is 20.2. The summed E-state index contributed by atoms with van der Waals surface area (Å²) >= 11 is 0. The lowest BCUT2D eigenvalue weighted by molar-refractivity contribution is -0.387. The summed E-state index contributed by atoms with van der Waals surface area (Å²) in [7, 11) is 0. The summed E-state index contributed by atoms with van der Waals surface area (Å²) < 4.78 is 61.6. The molecule has 11 heteroatoms. The number of amides is 2. The molecular formula is C9H6F5N3O3. The van der Waals surface area contributed by atoms with E-state index in [1.165, 1.54) is 5.32 Å². The predicted octanol–water partition coefficient (Wildman–Crippen LogP) is 2.56. The van der Waals surface area contributed by atoms with E-state index >= 15 is 0 Å². The van der Waals surface area contributed by atoms with Crippen LogP contribution >= 0.6 is 0 Å². The molecule has 1 aromatic carbocycles. The quantitative estimate of drug-likeness (QED) is 0.511. The Bertz CT molecular complexity index is 546. The lowest BCUT2D eigenvalue weighted by atomic mass is 10.2. The van der Waals surface area contributed by atoms with Gasteiger partial charge in [0.2, 0.25) is 5.82 Å². The van der Waals surface area contributed by atoms with Gasteiger partial charge in [0, 0.05) is 12.1 Å². The lowest BCUT2D eigenvalue weighted by Gasteiger charge is -2.10. The highest BCUT2D eigenvalue weighted by Crippen LogP contribution is 2.25. The Morgan fingerprint density at radius 3 is 2.35 bits per heavy atom. The van der Waals surface area contributed by atoms with Crippen molar-refractivity contribution in [1.82, 2.24) is 5.32 Å². The maximum Gasteiger partial charge on any atom is 0.405 e. The topological polar surface area (TPSA) is 84.3 Å². The van der Waals surface area contributed by atoms with E-state index in [9.17, 15) is 36.9 Å². The first-order valence-electron chi connectivity index (χ1n) is 4.85. The maximum atomic E-state index is 13.2. The SMILES string of the molecule is O=C(NCC(F)(F)F)Nc1cc([N+](=O)[O-])c(F)cc1F. The Morgan fingerprint density at radius 1 is 1.25 bits per heavy atom. The third-order valence-corrected chi connectivity index (χ3v) is 1.93. The van der Waals surface area contributed by atoms with E-state index in [1.807, 2.05) is 0 Å². The van der Waals surface area contributed by atoms with Crippen LogP contribution in [0.25, 0.3) is 0 Å². The van der Waals surface area contributed by atoms with Gasteiger partial charge in [-0.25, -0.2) is 9.18 Å². The Kier molecular flexibility index (Phi) is 4.42. The number of nitrogens with one attached hydrogen (secondary N) is 2. The highest BCUT2D eigenvalue weighted by molar-refractivity contribution is 5.89. The molecule has 0 fully saturated rings. The molecule has 0 radical (unpaired) electrons. The fourth-order valence-electron chi connectivity index (χ4n) is 1.12. The van der Waals surface area contributed by atoms with Crippen molar-refractivity contribution in [1.29, 1.82) is 0 Å². The van der Waals surface area contributed by atoms with Gasteiger partial charge in [0.25, 0.3) is 0 Å². The van der Waals surface area contributed by atoms with Gasteiger partial charge in [0.1, 0.15) is 12.4 Å². The van der Waals surface area contributed by atoms with Crippen molar-refractivity contribution in [2.45, 2.75) is 6.18 Å². The van der Waals surface area contributed by atoms with E-state index < -0.39 is 46.7 Å². The van der Waals surface area contributed by atoms with Crippen LogP contribution in [0.4, 0.5) is 38.1 Å². The molecule has 0 unspecified atom stereocenters. The molecule has 0 aliphatic carbocycles. The number of anilines is 1. The van der Waals surface area contributed by atoms with E-state index in [-0.39, 0.29) is 6.07 Å². The molecule has 0 atom stereocenters. The van der Waals surface area contributed by atoms with Crippen LogP contribution in [0.1, 0.15) is 0 Å². The second-order valence-corrected chi connectivity index (χ2v) is 3.46. The zero-order chi connectivity index (χ0) is 15.5. The highest BCUT2D eigenvalue weighted by Gasteiger charge is 2.28.